The number of carbonyl (C=O) groups excluding carboxylic acids is 1. The normalized spacial score (nSPS) is 19.4. The van der Waals surface area contributed by atoms with Crippen molar-refractivity contribution < 1.29 is 14.3 Å². The molecule has 0 saturated carbocycles. The predicted octanol–water partition coefficient (Wildman–Crippen LogP) is 2.13. The van der Waals surface area contributed by atoms with Crippen LogP contribution in [0.3, 0.4) is 0 Å². The molecule has 2 aromatic heterocycles. The van der Waals surface area contributed by atoms with Gasteiger partial charge < -0.3 is 19.7 Å². The number of aromatic nitrogens is 2. The lowest BCUT2D eigenvalue weighted by Gasteiger charge is -2.28. The topological polar surface area (TPSA) is 76.6 Å². The van der Waals surface area contributed by atoms with Crippen molar-refractivity contribution in [2.24, 2.45) is 0 Å². The van der Waals surface area contributed by atoms with E-state index in [4.69, 9.17) is 9.47 Å². The number of nitrogens with zero attached hydrogens (tertiary/aromatic N) is 3. The third-order valence-electron chi connectivity index (χ3n) is 4.77. The zero-order valence-electron chi connectivity index (χ0n) is 15.7. The maximum Gasteiger partial charge on any atom is 0.253 e. The van der Waals surface area contributed by atoms with Crippen LogP contribution in [-0.2, 0) is 11.3 Å². The van der Waals surface area contributed by atoms with Crippen LogP contribution < -0.4 is 15.0 Å². The van der Waals surface area contributed by atoms with E-state index in [0.717, 1.165) is 55.6 Å². The third kappa shape index (κ3) is 4.94. The molecule has 1 N–H and O–H groups in total. The highest BCUT2D eigenvalue weighted by Crippen LogP contribution is 2.22. The number of pyridine rings is 2. The number of carbonyl (C=O) groups is 1. The predicted molar refractivity (Wildman–Crippen MR) is 109 cm³/mol. The summed E-state index contributed by atoms with van der Waals surface area (Å²) in [6, 6.07) is 7.45. The van der Waals surface area contributed by atoms with Crippen molar-refractivity contribution in [2.75, 3.05) is 42.7 Å². The summed E-state index contributed by atoms with van der Waals surface area (Å²) in [4.78, 5) is 23.3. The molecule has 8 heteroatoms. The van der Waals surface area contributed by atoms with Gasteiger partial charge in [-0.25, -0.2) is 9.97 Å². The second kappa shape index (κ2) is 9.25. The summed E-state index contributed by atoms with van der Waals surface area (Å²) >= 11 is 1.89. The van der Waals surface area contributed by atoms with Crippen LogP contribution in [-0.4, -0.2) is 59.8 Å². The van der Waals surface area contributed by atoms with Crippen molar-refractivity contribution in [1.29, 1.82) is 0 Å². The van der Waals surface area contributed by atoms with Crippen LogP contribution in [0.15, 0.2) is 36.7 Å². The zero-order chi connectivity index (χ0) is 19.2. The van der Waals surface area contributed by atoms with Crippen molar-refractivity contribution >= 4 is 23.5 Å². The van der Waals surface area contributed by atoms with Crippen molar-refractivity contribution in [3.05, 3.63) is 47.8 Å². The number of hydrogen-bond donors (Lipinski definition) is 1. The average Bonchev–Trinajstić information content (AvgIpc) is 3.26. The Morgan fingerprint density at radius 2 is 2.18 bits per heavy atom. The molecule has 0 aromatic carbocycles. The van der Waals surface area contributed by atoms with Gasteiger partial charge in [-0.3, -0.25) is 4.79 Å². The van der Waals surface area contributed by atoms with Gasteiger partial charge in [0.2, 0.25) is 5.88 Å². The Morgan fingerprint density at radius 1 is 1.29 bits per heavy atom. The summed E-state index contributed by atoms with van der Waals surface area (Å²) in [5.41, 5.74) is 1.53. The van der Waals surface area contributed by atoms with Crippen molar-refractivity contribution in [3.8, 4) is 5.88 Å². The Hall–Kier alpha value is -2.32. The summed E-state index contributed by atoms with van der Waals surface area (Å²) in [6.45, 7) is 3.55. The maximum atomic E-state index is 12.4. The number of morpholine rings is 1. The van der Waals surface area contributed by atoms with Gasteiger partial charge in [-0.15, -0.1) is 0 Å². The van der Waals surface area contributed by atoms with E-state index in [1.807, 2.05) is 23.9 Å². The van der Waals surface area contributed by atoms with E-state index in [1.54, 1.807) is 24.5 Å². The van der Waals surface area contributed by atoms with Crippen LogP contribution in [0, 0.1) is 0 Å². The fourth-order valence-corrected chi connectivity index (χ4v) is 4.28. The van der Waals surface area contributed by atoms with Crippen LogP contribution in [0.25, 0.3) is 0 Å². The Labute approximate surface area is 168 Å². The minimum Gasteiger partial charge on any atom is -0.473 e. The van der Waals surface area contributed by atoms with E-state index in [2.05, 4.69) is 20.2 Å². The lowest BCUT2D eigenvalue weighted by molar-refractivity contribution is 0.0950. The molecule has 0 aliphatic carbocycles. The smallest absolute Gasteiger partial charge is 0.253 e. The summed E-state index contributed by atoms with van der Waals surface area (Å²) in [7, 11) is 0. The second-order valence-corrected chi connectivity index (χ2v) is 7.94. The van der Waals surface area contributed by atoms with Gasteiger partial charge in [0.15, 0.2) is 0 Å². The van der Waals surface area contributed by atoms with E-state index in [9.17, 15) is 4.79 Å². The molecule has 7 nitrogen and oxygen atoms in total. The largest absolute Gasteiger partial charge is 0.473 e. The van der Waals surface area contributed by atoms with Gasteiger partial charge in [0.25, 0.3) is 5.91 Å². The molecule has 0 spiro atoms. The standard InChI is InChI=1S/C20H24N4O3S/c25-20(16-1-2-19(22-13-16)27-17-4-10-28-14-17)23-12-15-3-5-21-18(11-15)24-6-8-26-9-7-24/h1-3,5,11,13,17H,4,6-10,12,14H2,(H,23,25)/t17-/m1/s1. The lowest BCUT2D eigenvalue weighted by atomic mass is 10.2. The van der Waals surface area contributed by atoms with Crippen LogP contribution in [0.4, 0.5) is 5.82 Å². The molecule has 2 fully saturated rings. The van der Waals surface area contributed by atoms with Crippen LogP contribution in [0.2, 0.25) is 0 Å². The van der Waals surface area contributed by atoms with Crippen LogP contribution in [0.5, 0.6) is 5.88 Å². The molecular formula is C20H24N4O3S. The Morgan fingerprint density at radius 3 is 2.93 bits per heavy atom. The van der Waals surface area contributed by atoms with Crippen LogP contribution in [0.1, 0.15) is 22.3 Å². The van der Waals surface area contributed by atoms with Crippen LogP contribution >= 0.6 is 11.8 Å². The van der Waals surface area contributed by atoms with Gasteiger partial charge in [0.1, 0.15) is 11.9 Å². The first-order valence-corrected chi connectivity index (χ1v) is 10.7. The molecular weight excluding hydrogens is 376 g/mol. The number of ether oxygens (including phenoxy) is 2. The van der Waals surface area contributed by atoms with E-state index in [1.165, 1.54) is 0 Å². The maximum absolute atomic E-state index is 12.4. The molecule has 4 rings (SSSR count). The summed E-state index contributed by atoms with van der Waals surface area (Å²) in [6.07, 6.45) is 4.62. The molecule has 2 aliphatic rings. The molecule has 0 radical (unpaired) electrons. The minimum absolute atomic E-state index is 0.153. The van der Waals surface area contributed by atoms with Gasteiger partial charge >= 0.3 is 0 Å². The molecule has 2 aliphatic heterocycles. The highest BCUT2D eigenvalue weighted by atomic mass is 32.2. The van der Waals surface area contributed by atoms with Gasteiger partial charge in [-0.05, 0) is 35.9 Å². The monoisotopic (exact) mass is 400 g/mol. The first-order chi connectivity index (χ1) is 13.8. The fourth-order valence-electron chi connectivity index (χ4n) is 3.18. The summed E-state index contributed by atoms with van der Waals surface area (Å²) < 4.78 is 11.2. The molecule has 0 bridgehead atoms. The van der Waals surface area contributed by atoms with Gasteiger partial charge in [-0.1, -0.05) is 0 Å². The summed E-state index contributed by atoms with van der Waals surface area (Å²) in [5, 5.41) is 2.94. The average molecular weight is 401 g/mol. The highest BCUT2D eigenvalue weighted by molar-refractivity contribution is 7.99. The van der Waals surface area contributed by atoms with Gasteiger partial charge in [-0.2, -0.15) is 11.8 Å². The molecule has 4 heterocycles. The van der Waals surface area contributed by atoms with E-state index in [-0.39, 0.29) is 12.0 Å². The molecule has 1 amide bonds. The third-order valence-corrected chi connectivity index (χ3v) is 5.90. The Balaban J connectivity index is 1.31. The SMILES string of the molecule is O=C(NCc1ccnc(N2CCOCC2)c1)c1ccc(O[C@@H]2CCSC2)nc1. The number of nitrogens with one attached hydrogen (secondary N) is 1. The second-order valence-electron chi connectivity index (χ2n) is 6.79. The molecule has 28 heavy (non-hydrogen) atoms. The Kier molecular flexibility index (Phi) is 6.28. The first kappa shape index (κ1) is 19.0. The van der Waals surface area contributed by atoms with E-state index >= 15 is 0 Å². The fraction of sp³-hybridized carbons (Fsp3) is 0.450. The highest BCUT2D eigenvalue weighted by Gasteiger charge is 2.18. The van der Waals surface area contributed by atoms with Gasteiger partial charge in [0.05, 0.1) is 18.8 Å². The van der Waals surface area contributed by atoms with Gasteiger partial charge in [0, 0.05) is 43.8 Å². The number of thioether (sulfide) groups is 1. The quantitative estimate of drug-likeness (QED) is 0.796. The molecule has 2 aromatic rings. The number of rotatable bonds is 6. The number of anilines is 1. The number of amides is 1. The summed E-state index contributed by atoms with van der Waals surface area (Å²) in [5.74, 6) is 3.48. The Bertz CT molecular complexity index is 790. The van der Waals surface area contributed by atoms with E-state index < -0.39 is 0 Å². The van der Waals surface area contributed by atoms with Crippen molar-refractivity contribution in [2.45, 2.75) is 19.1 Å². The van der Waals surface area contributed by atoms with Crippen molar-refractivity contribution in [1.82, 2.24) is 15.3 Å². The van der Waals surface area contributed by atoms with Crippen molar-refractivity contribution in [3.63, 3.8) is 0 Å². The lowest BCUT2D eigenvalue weighted by Crippen LogP contribution is -2.36. The minimum atomic E-state index is -0.153. The number of hydrogen-bond acceptors (Lipinski definition) is 7. The zero-order valence-corrected chi connectivity index (χ0v) is 16.5. The molecule has 1 atom stereocenters. The molecule has 0 unspecified atom stereocenters. The molecule has 2 saturated heterocycles. The first-order valence-electron chi connectivity index (χ1n) is 9.54. The van der Waals surface area contributed by atoms with E-state index in [0.29, 0.717) is 18.0 Å². The molecule has 148 valence electrons.